The Morgan fingerprint density at radius 3 is 2.38 bits per heavy atom. The number of alkyl halides is 3. The molecule has 0 spiro atoms. The Balaban J connectivity index is 1.78. The van der Waals surface area contributed by atoms with Crippen molar-refractivity contribution in [3.05, 3.63) is 89.5 Å². The van der Waals surface area contributed by atoms with Crippen LogP contribution in [0.3, 0.4) is 0 Å². The van der Waals surface area contributed by atoms with Crippen LogP contribution in [0.15, 0.2) is 77.8 Å². The zero-order valence-electron chi connectivity index (χ0n) is 15.3. The van der Waals surface area contributed by atoms with Gasteiger partial charge < -0.3 is 9.47 Å². The molecule has 0 aliphatic heterocycles. The topological polar surface area (TPSA) is 47.9 Å². The first-order valence-corrected chi connectivity index (χ1v) is 8.53. The van der Waals surface area contributed by atoms with Gasteiger partial charge in [0.1, 0.15) is 0 Å². The molecular formula is C22H16F3NO3. The second-order valence-corrected chi connectivity index (χ2v) is 5.97. The number of carbonyl (C=O) groups excluding carboxylic acids is 1. The number of methoxy groups -OCH3 is 1. The first kappa shape index (κ1) is 20.1. The molecule has 7 heteroatoms. The summed E-state index contributed by atoms with van der Waals surface area (Å²) in [6, 6.07) is 17.9. The maximum Gasteiger partial charge on any atom is 0.416 e. The molecule has 3 aromatic rings. The molecule has 0 aliphatic rings. The fraction of sp³-hybridized carbons (Fsp3) is 0.0909. The Morgan fingerprint density at radius 1 is 0.931 bits per heavy atom. The van der Waals surface area contributed by atoms with E-state index >= 15 is 0 Å². The van der Waals surface area contributed by atoms with Gasteiger partial charge in [0, 0.05) is 6.21 Å². The van der Waals surface area contributed by atoms with Crippen LogP contribution < -0.4 is 9.47 Å². The van der Waals surface area contributed by atoms with Crippen LogP contribution in [0.1, 0.15) is 21.5 Å². The summed E-state index contributed by atoms with van der Waals surface area (Å²) in [7, 11) is 1.42. The molecule has 4 nitrogen and oxygen atoms in total. The van der Waals surface area contributed by atoms with Crippen molar-refractivity contribution in [1.29, 1.82) is 0 Å². The van der Waals surface area contributed by atoms with Crippen molar-refractivity contribution in [2.45, 2.75) is 6.18 Å². The highest BCUT2D eigenvalue weighted by molar-refractivity contribution is 5.91. The molecule has 0 saturated heterocycles. The molecule has 0 amide bonds. The van der Waals surface area contributed by atoms with Crippen molar-refractivity contribution in [2.24, 2.45) is 4.99 Å². The number of benzene rings is 3. The second kappa shape index (κ2) is 8.60. The van der Waals surface area contributed by atoms with Gasteiger partial charge in [-0.25, -0.2) is 4.79 Å². The lowest BCUT2D eigenvalue weighted by Crippen LogP contribution is -2.09. The Kier molecular flexibility index (Phi) is 5.97. The van der Waals surface area contributed by atoms with E-state index in [-0.39, 0.29) is 11.4 Å². The van der Waals surface area contributed by atoms with E-state index in [4.69, 9.17) is 9.47 Å². The smallest absolute Gasteiger partial charge is 0.416 e. The Hall–Kier alpha value is -3.61. The maximum atomic E-state index is 12.8. The Bertz CT molecular complexity index is 1030. The van der Waals surface area contributed by atoms with Crippen molar-refractivity contribution >= 4 is 17.9 Å². The van der Waals surface area contributed by atoms with Gasteiger partial charge in [0.25, 0.3) is 0 Å². The molecule has 0 bridgehead atoms. The van der Waals surface area contributed by atoms with Crippen molar-refractivity contribution in [3.63, 3.8) is 0 Å². The van der Waals surface area contributed by atoms with Gasteiger partial charge in [0.2, 0.25) is 0 Å². The van der Waals surface area contributed by atoms with E-state index in [1.165, 1.54) is 31.5 Å². The number of nitrogens with zero attached hydrogens (tertiary/aromatic N) is 1. The summed E-state index contributed by atoms with van der Waals surface area (Å²) in [5.41, 5.74) is 0.356. The highest BCUT2D eigenvalue weighted by Crippen LogP contribution is 2.32. The molecule has 0 N–H and O–H groups in total. The molecule has 0 heterocycles. The third-order valence-corrected chi connectivity index (χ3v) is 3.94. The van der Waals surface area contributed by atoms with Crippen LogP contribution in [-0.4, -0.2) is 19.3 Å². The van der Waals surface area contributed by atoms with Gasteiger partial charge >= 0.3 is 12.1 Å². The first-order chi connectivity index (χ1) is 13.9. The molecule has 0 aromatic heterocycles. The van der Waals surface area contributed by atoms with Crippen LogP contribution in [0.25, 0.3) is 0 Å². The van der Waals surface area contributed by atoms with E-state index in [2.05, 4.69) is 4.99 Å². The number of hydrogen-bond donors (Lipinski definition) is 0. The SMILES string of the molecule is COc1cc(C=Nc2cccc(C(F)(F)F)c2)ccc1OC(=O)c1ccccc1. The van der Waals surface area contributed by atoms with E-state index in [0.717, 1.165) is 12.1 Å². The summed E-state index contributed by atoms with van der Waals surface area (Å²) in [6.45, 7) is 0. The van der Waals surface area contributed by atoms with Crippen LogP contribution in [-0.2, 0) is 6.18 Å². The largest absolute Gasteiger partial charge is 0.493 e. The summed E-state index contributed by atoms with van der Waals surface area (Å²) < 4.78 is 49.0. The molecular weight excluding hydrogens is 383 g/mol. The van der Waals surface area contributed by atoms with E-state index in [0.29, 0.717) is 16.9 Å². The minimum absolute atomic E-state index is 0.165. The quantitative estimate of drug-likeness (QED) is 0.315. The lowest BCUT2D eigenvalue weighted by molar-refractivity contribution is -0.137. The van der Waals surface area contributed by atoms with E-state index in [1.54, 1.807) is 42.5 Å². The fourth-order valence-electron chi connectivity index (χ4n) is 2.49. The minimum Gasteiger partial charge on any atom is -0.493 e. The van der Waals surface area contributed by atoms with E-state index in [1.807, 2.05) is 0 Å². The van der Waals surface area contributed by atoms with Crippen molar-refractivity contribution in [2.75, 3.05) is 7.11 Å². The normalized spacial score (nSPS) is 11.4. The standard InChI is InChI=1S/C22H16F3NO3/c1-28-20-12-15(14-26-18-9-5-8-17(13-18)22(23,24)25)10-11-19(20)29-21(27)16-6-3-2-4-7-16/h2-14H,1H3. The van der Waals surface area contributed by atoms with Gasteiger partial charge in [0.15, 0.2) is 11.5 Å². The summed E-state index contributed by atoms with van der Waals surface area (Å²) in [5.74, 6) is -0.0193. The van der Waals surface area contributed by atoms with E-state index in [9.17, 15) is 18.0 Å². The average Bonchev–Trinajstić information content (AvgIpc) is 2.73. The van der Waals surface area contributed by atoms with Crippen LogP contribution in [0.5, 0.6) is 11.5 Å². The van der Waals surface area contributed by atoms with Crippen LogP contribution in [0.4, 0.5) is 18.9 Å². The maximum absolute atomic E-state index is 12.8. The van der Waals surface area contributed by atoms with Crippen LogP contribution in [0.2, 0.25) is 0 Å². The predicted octanol–water partition coefficient (Wildman–Crippen LogP) is 5.68. The van der Waals surface area contributed by atoms with Gasteiger partial charge in [-0.2, -0.15) is 13.2 Å². The number of carbonyl (C=O) groups is 1. The van der Waals surface area contributed by atoms with Crippen molar-refractivity contribution < 1.29 is 27.4 Å². The summed E-state index contributed by atoms with van der Waals surface area (Å²) in [4.78, 5) is 16.3. The summed E-state index contributed by atoms with van der Waals surface area (Å²) in [6.07, 6.45) is -3.03. The number of ether oxygens (including phenoxy) is 2. The van der Waals surface area contributed by atoms with Crippen LogP contribution in [0, 0.1) is 0 Å². The average molecular weight is 399 g/mol. The molecule has 29 heavy (non-hydrogen) atoms. The molecule has 0 atom stereocenters. The van der Waals surface area contributed by atoms with E-state index < -0.39 is 17.7 Å². The number of hydrogen-bond acceptors (Lipinski definition) is 4. The van der Waals surface area contributed by atoms with Gasteiger partial charge in [-0.3, -0.25) is 4.99 Å². The zero-order valence-corrected chi connectivity index (χ0v) is 15.3. The molecule has 3 aromatic carbocycles. The number of rotatable bonds is 5. The summed E-state index contributed by atoms with van der Waals surface area (Å²) in [5, 5.41) is 0. The highest BCUT2D eigenvalue weighted by atomic mass is 19.4. The first-order valence-electron chi connectivity index (χ1n) is 8.53. The third-order valence-electron chi connectivity index (χ3n) is 3.94. The van der Waals surface area contributed by atoms with Gasteiger partial charge in [0.05, 0.1) is 23.9 Å². The number of aliphatic imine (C=N–C) groups is 1. The number of esters is 1. The molecule has 0 radical (unpaired) electrons. The Morgan fingerprint density at radius 2 is 1.69 bits per heavy atom. The van der Waals surface area contributed by atoms with Gasteiger partial charge in [-0.15, -0.1) is 0 Å². The summed E-state index contributed by atoms with van der Waals surface area (Å²) >= 11 is 0. The monoisotopic (exact) mass is 399 g/mol. The molecule has 0 unspecified atom stereocenters. The molecule has 0 fully saturated rings. The fourth-order valence-corrected chi connectivity index (χ4v) is 2.49. The lowest BCUT2D eigenvalue weighted by atomic mass is 10.2. The second-order valence-electron chi connectivity index (χ2n) is 5.97. The molecule has 148 valence electrons. The van der Waals surface area contributed by atoms with Gasteiger partial charge in [-0.05, 0) is 54.1 Å². The highest BCUT2D eigenvalue weighted by Gasteiger charge is 2.30. The van der Waals surface area contributed by atoms with Crippen LogP contribution >= 0.6 is 0 Å². The van der Waals surface area contributed by atoms with Crippen molar-refractivity contribution in [1.82, 2.24) is 0 Å². The number of halogens is 3. The predicted molar refractivity (Wildman–Crippen MR) is 103 cm³/mol. The molecule has 0 saturated carbocycles. The molecule has 3 rings (SSSR count). The Labute approximate surface area is 165 Å². The lowest BCUT2D eigenvalue weighted by Gasteiger charge is -2.10. The zero-order chi connectivity index (χ0) is 20.9. The molecule has 0 aliphatic carbocycles. The third kappa shape index (κ3) is 5.22. The van der Waals surface area contributed by atoms with Crippen molar-refractivity contribution in [3.8, 4) is 11.5 Å². The van der Waals surface area contributed by atoms with Gasteiger partial charge in [-0.1, -0.05) is 24.3 Å². The minimum atomic E-state index is -4.43.